The first kappa shape index (κ1) is 25.8. The van der Waals surface area contributed by atoms with Gasteiger partial charge in [-0.3, -0.25) is 14.5 Å². The van der Waals surface area contributed by atoms with Crippen LogP contribution in [0.15, 0.2) is 36.4 Å². The fraction of sp³-hybridized carbons (Fsp3) is 0.545. The van der Waals surface area contributed by atoms with Crippen molar-refractivity contribution in [1.82, 2.24) is 4.90 Å². The average molecular weight is 453 g/mol. The van der Waals surface area contributed by atoms with E-state index in [0.29, 0.717) is 77.5 Å². The van der Waals surface area contributed by atoms with E-state index in [1.54, 1.807) is 6.07 Å². The number of nitrogens with zero attached hydrogens (tertiary/aromatic N) is 1. The predicted molar refractivity (Wildman–Crippen MR) is 116 cm³/mol. The Morgan fingerprint density at radius 1 is 0.625 bits per heavy atom. The van der Waals surface area contributed by atoms with E-state index in [2.05, 4.69) is 0 Å². The molecule has 0 saturated heterocycles. The van der Waals surface area contributed by atoms with E-state index >= 15 is 0 Å². The molecule has 32 heavy (non-hydrogen) atoms. The van der Waals surface area contributed by atoms with Crippen LogP contribution in [0.25, 0.3) is 0 Å². The Hall–Kier alpha value is -2.50. The topological polar surface area (TPSA) is 119 Å². The number of ether oxygens (including phenoxy) is 6. The molecule has 0 radical (unpaired) electrons. The second kappa shape index (κ2) is 16.2. The number of hydrogen-bond donors (Lipinski definition) is 1. The lowest BCUT2D eigenvalue weighted by atomic mass is 10.3. The predicted octanol–water partition coefficient (Wildman–Crippen LogP) is 0.656. The SMILES string of the molecule is Nc1ccccc1OCCOCCOCCOCCOCCOCCN1C(=O)C=CC1=O. The molecular weight excluding hydrogens is 420 g/mol. The number of amides is 2. The Bertz CT molecular complexity index is 695. The van der Waals surface area contributed by atoms with Gasteiger partial charge in [-0.25, -0.2) is 0 Å². The minimum Gasteiger partial charge on any atom is -0.489 e. The second-order valence-corrected chi connectivity index (χ2v) is 6.61. The van der Waals surface area contributed by atoms with E-state index in [0.717, 1.165) is 4.90 Å². The van der Waals surface area contributed by atoms with Crippen LogP contribution in [-0.2, 0) is 33.3 Å². The van der Waals surface area contributed by atoms with Gasteiger partial charge in [0.2, 0.25) is 0 Å². The van der Waals surface area contributed by atoms with Crippen molar-refractivity contribution in [3.8, 4) is 5.75 Å². The van der Waals surface area contributed by atoms with Gasteiger partial charge in [-0.1, -0.05) is 12.1 Å². The fourth-order valence-electron chi connectivity index (χ4n) is 2.61. The standard InChI is InChI=1S/C22H32N2O8/c23-19-3-1-2-4-20(19)32-18-17-31-16-15-30-14-13-29-12-11-28-10-9-27-8-7-24-21(25)5-6-22(24)26/h1-6H,7-18,23H2. The van der Waals surface area contributed by atoms with Crippen LogP contribution in [-0.4, -0.2) is 95.9 Å². The van der Waals surface area contributed by atoms with Crippen LogP contribution < -0.4 is 10.5 Å². The minimum absolute atomic E-state index is 0.245. The molecule has 178 valence electrons. The summed E-state index contributed by atoms with van der Waals surface area (Å²) in [4.78, 5) is 23.8. The summed E-state index contributed by atoms with van der Waals surface area (Å²) in [6.45, 7) is 5.04. The van der Waals surface area contributed by atoms with Crippen molar-refractivity contribution >= 4 is 17.5 Å². The smallest absolute Gasteiger partial charge is 0.253 e. The van der Waals surface area contributed by atoms with Crippen molar-refractivity contribution in [2.75, 3.05) is 85.0 Å². The third-order valence-electron chi connectivity index (χ3n) is 4.25. The highest BCUT2D eigenvalue weighted by Crippen LogP contribution is 2.19. The van der Waals surface area contributed by atoms with Crippen LogP contribution in [0, 0.1) is 0 Å². The highest BCUT2D eigenvalue weighted by Gasteiger charge is 2.22. The molecule has 1 aromatic rings. The molecule has 0 aliphatic carbocycles. The Morgan fingerprint density at radius 3 is 1.56 bits per heavy atom. The molecule has 1 heterocycles. The first-order valence-corrected chi connectivity index (χ1v) is 10.6. The summed E-state index contributed by atoms with van der Waals surface area (Å²) in [5.74, 6) is 0.0533. The molecule has 2 rings (SSSR count). The molecule has 0 bridgehead atoms. The number of carbonyl (C=O) groups excluding carboxylic acids is 2. The van der Waals surface area contributed by atoms with Crippen molar-refractivity contribution in [2.45, 2.75) is 0 Å². The van der Waals surface area contributed by atoms with Gasteiger partial charge in [0.1, 0.15) is 12.4 Å². The molecule has 10 nitrogen and oxygen atoms in total. The number of carbonyl (C=O) groups is 2. The van der Waals surface area contributed by atoms with Crippen LogP contribution in [0.2, 0.25) is 0 Å². The normalized spacial score (nSPS) is 13.3. The maximum Gasteiger partial charge on any atom is 0.253 e. The van der Waals surface area contributed by atoms with Crippen molar-refractivity contribution in [3.05, 3.63) is 36.4 Å². The summed E-state index contributed by atoms with van der Waals surface area (Å²) in [6.07, 6.45) is 2.51. The average Bonchev–Trinajstić information content (AvgIpc) is 3.11. The van der Waals surface area contributed by atoms with E-state index < -0.39 is 0 Å². The van der Waals surface area contributed by atoms with Crippen LogP contribution in [0.4, 0.5) is 5.69 Å². The summed E-state index contributed by atoms with van der Waals surface area (Å²) >= 11 is 0. The highest BCUT2D eigenvalue weighted by molar-refractivity contribution is 6.12. The molecule has 0 spiro atoms. The van der Waals surface area contributed by atoms with Gasteiger partial charge in [0.15, 0.2) is 0 Å². The molecule has 2 amide bonds. The van der Waals surface area contributed by atoms with Gasteiger partial charge < -0.3 is 34.2 Å². The molecule has 10 heteroatoms. The molecule has 0 fully saturated rings. The summed E-state index contributed by atoms with van der Waals surface area (Å²) in [5, 5.41) is 0. The number of para-hydroxylation sites is 2. The molecule has 0 atom stereocenters. The van der Waals surface area contributed by atoms with Crippen molar-refractivity contribution in [2.24, 2.45) is 0 Å². The highest BCUT2D eigenvalue weighted by atomic mass is 16.6. The van der Waals surface area contributed by atoms with E-state index in [4.69, 9.17) is 34.2 Å². The van der Waals surface area contributed by atoms with Gasteiger partial charge in [-0.15, -0.1) is 0 Å². The minimum atomic E-state index is -0.303. The van der Waals surface area contributed by atoms with Gasteiger partial charge in [-0.05, 0) is 12.1 Å². The van der Waals surface area contributed by atoms with E-state index in [1.807, 2.05) is 18.2 Å². The second-order valence-electron chi connectivity index (χ2n) is 6.61. The fourth-order valence-corrected chi connectivity index (χ4v) is 2.61. The van der Waals surface area contributed by atoms with Crippen molar-refractivity contribution < 1.29 is 38.0 Å². The molecule has 1 aliphatic heterocycles. The lowest BCUT2D eigenvalue weighted by Gasteiger charge is -2.13. The number of rotatable bonds is 19. The largest absolute Gasteiger partial charge is 0.489 e. The number of nitrogen functional groups attached to an aromatic ring is 1. The van der Waals surface area contributed by atoms with Gasteiger partial charge >= 0.3 is 0 Å². The Labute approximate surface area is 188 Å². The third kappa shape index (κ3) is 10.7. The Morgan fingerprint density at radius 2 is 1.06 bits per heavy atom. The molecule has 1 aromatic carbocycles. The first-order valence-electron chi connectivity index (χ1n) is 10.6. The quantitative estimate of drug-likeness (QED) is 0.183. The number of nitrogens with two attached hydrogens (primary N) is 1. The molecule has 1 aliphatic rings. The summed E-state index contributed by atoms with van der Waals surface area (Å²) < 4.78 is 32.5. The number of anilines is 1. The third-order valence-corrected chi connectivity index (χ3v) is 4.25. The van der Waals surface area contributed by atoms with Crippen LogP contribution in [0.5, 0.6) is 5.75 Å². The molecular formula is C22H32N2O8. The van der Waals surface area contributed by atoms with E-state index in [9.17, 15) is 9.59 Å². The van der Waals surface area contributed by atoms with Crippen molar-refractivity contribution in [3.63, 3.8) is 0 Å². The van der Waals surface area contributed by atoms with Gasteiger partial charge in [0, 0.05) is 12.2 Å². The molecule has 2 N–H and O–H groups in total. The van der Waals surface area contributed by atoms with E-state index in [-0.39, 0.29) is 25.0 Å². The van der Waals surface area contributed by atoms with E-state index in [1.165, 1.54) is 12.2 Å². The molecule has 0 saturated carbocycles. The summed E-state index contributed by atoms with van der Waals surface area (Å²) in [5.41, 5.74) is 6.40. The van der Waals surface area contributed by atoms with Crippen LogP contribution in [0.3, 0.4) is 0 Å². The number of imide groups is 1. The number of benzene rings is 1. The van der Waals surface area contributed by atoms with Gasteiger partial charge in [0.25, 0.3) is 11.8 Å². The van der Waals surface area contributed by atoms with Gasteiger partial charge in [0.05, 0.1) is 78.3 Å². The maximum atomic E-state index is 11.3. The zero-order chi connectivity index (χ0) is 22.9. The van der Waals surface area contributed by atoms with Crippen molar-refractivity contribution in [1.29, 1.82) is 0 Å². The van der Waals surface area contributed by atoms with Crippen LogP contribution in [0.1, 0.15) is 0 Å². The Kier molecular flexibility index (Phi) is 13.0. The first-order chi connectivity index (χ1) is 15.7. The van der Waals surface area contributed by atoms with Gasteiger partial charge in [-0.2, -0.15) is 0 Å². The lowest BCUT2D eigenvalue weighted by Crippen LogP contribution is -2.33. The monoisotopic (exact) mass is 452 g/mol. The maximum absolute atomic E-state index is 11.3. The summed E-state index contributed by atoms with van der Waals surface area (Å²) in [6, 6.07) is 7.34. The Balaban J connectivity index is 1.25. The van der Waals surface area contributed by atoms with Crippen LogP contribution >= 0.6 is 0 Å². The zero-order valence-electron chi connectivity index (χ0n) is 18.2. The lowest BCUT2D eigenvalue weighted by molar-refractivity contribution is -0.137. The summed E-state index contributed by atoms with van der Waals surface area (Å²) in [7, 11) is 0. The zero-order valence-corrected chi connectivity index (χ0v) is 18.2. The number of hydrogen-bond acceptors (Lipinski definition) is 9. The molecule has 0 unspecified atom stereocenters. The molecule has 0 aromatic heterocycles.